The fourth-order valence-electron chi connectivity index (χ4n) is 3.12. The molecule has 1 atom stereocenters. The van der Waals surface area contributed by atoms with Gasteiger partial charge in [-0.25, -0.2) is 0 Å². The summed E-state index contributed by atoms with van der Waals surface area (Å²) in [5, 5.41) is 2.36. The van der Waals surface area contributed by atoms with Gasteiger partial charge in [-0.1, -0.05) is 75.5 Å². The Bertz CT molecular complexity index is 1170. The first kappa shape index (κ1) is 18.4. The second kappa shape index (κ2) is 7.99. The highest BCUT2D eigenvalue weighted by atomic mass is 33.1. The highest BCUT2D eigenvalue weighted by Gasteiger charge is 2.23. The van der Waals surface area contributed by atoms with Crippen LogP contribution in [0.15, 0.2) is 101 Å². The maximum atomic E-state index is 6.04. The summed E-state index contributed by atoms with van der Waals surface area (Å²) in [5.41, 5.74) is 1.16. The van der Waals surface area contributed by atoms with Crippen molar-refractivity contribution in [3.05, 3.63) is 91.0 Å². The molecule has 1 aliphatic rings. The largest absolute Gasteiger partial charge is 0.417 e. The minimum Gasteiger partial charge on any atom is -0.417 e. The van der Waals surface area contributed by atoms with Crippen molar-refractivity contribution in [1.82, 2.24) is 0 Å². The number of thiol groups is 1. The van der Waals surface area contributed by atoms with E-state index in [0.717, 1.165) is 21.7 Å². The number of thiocarbonyl (C=S) groups is 1. The van der Waals surface area contributed by atoms with E-state index in [1.807, 2.05) is 65.4 Å². The molecule has 5 rings (SSSR count). The zero-order valence-electron chi connectivity index (χ0n) is 15.2. The van der Waals surface area contributed by atoms with E-state index in [1.165, 1.54) is 10.3 Å². The predicted octanol–water partition coefficient (Wildman–Crippen LogP) is 6.99. The molecule has 1 N–H and O–H groups in total. The van der Waals surface area contributed by atoms with Gasteiger partial charge >= 0.3 is 5.24 Å². The van der Waals surface area contributed by atoms with Gasteiger partial charge in [-0.15, -0.1) is 0 Å². The van der Waals surface area contributed by atoms with Gasteiger partial charge in [0.05, 0.1) is 10.6 Å². The van der Waals surface area contributed by atoms with Crippen LogP contribution in [0.4, 0.5) is 5.69 Å². The molecule has 0 saturated heterocycles. The Kier molecular flexibility index (Phi) is 5.06. The number of rotatable bonds is 3. The minimum atomic E-state index is -0.724. The third kappa shape index (κ3) is 3.92. The van der Waals surface area contributed by atoms with Gasteiger partial charge in [-0.05, 0) is 47.2 Å². The lowest BCUT2D eigenvalue weighted by atomic mass is 10.1. The average molecular weight is 436 g/mol. The molecule has 4 aromatic carbocycles. The second-order valence-corrected chi connectivity index (χ2v) is 10.3. The second-order valence-electron chi connectivity index (χ2n) is 6.43. The van der Waals surface area contributed by atoms with Crippen molar-refractivity contribution in [3.63, 3.8) is 0 Å². The maximum absolute atomic E-state index is 6.04. The number of para-hydroxylation sites is 2. The molecule has 0 saturated carbocycles. The molecular weight excluding hydrogens is 418 g/mol. The Labute approximate surface area is 180 Å². The van der Waals surface area contributed by atoms with E-state index in [0.29, 0.717) is 5.75 Å². The first-order chi connectivity index (χ1) is 14.3. The van der Waals surface area contributed by atoms with Crippen LogP contribution in [0.2, 0.25) is 0 Å². The molecule has 0 radical (unpaired) electrons. The molecular formula is C23H17NO2S3. The third-order valence-corrected chi connectivity index (χ3v) is 8.62. The van der Waals surface area contributed by atoms with Crippen molar-refractivity contribution in [2.24, 2.45) is 0 Å². The lowest BCUT2D eigenvalue weighted by molar-refractivity contribution is 0.398. The number of fused-ring (bicyclic) bond motifs is 2. The molecule has 0 aliphatic carbocycles. The normalized spacial score (nSPS) is 16.1. The molecule has 0 fully saturated rings. The van der Waals surface area contributed by atoms with Crippen LogP contribution in [-0.4, -0.2) is 5.24 Å². The quantitative estimate of drug-likeness (QED) is 0.206. The van der Waals surface area contributed by atoms with Crippen molar-refractivity contribution < 1.29 is 9.47 Å². The lowest BCUT2D eigenvalue weighted by Gasteiger charge is -2.20. The van der Waals surface area contributed by atoms with Crippen molar-refractivity contribution in [3.8, 4) is 11.5 Å². The van der Waals surface area contributed by atoms with E-state index in [-0.39, 0.29) is 5.24 Å². The fourth-order valence-corrected chi connectivity index (χ4v) is 7.40. The van der Waals surface area contributed by atoms with Crippen LogP contribution in [0.5, 0.6) is 11.5 Å². The summed E-state index contributed by atoms with van der Waals surface area (Å²) < 4.78 is 15.4. The molecule has 0 spiro atoms. The predicted molar refractivity (Wildman–Crippen MR) is 127 cm³/mol. The molecule has 0 amide bonds. The van der Waals surface area contributed by atoms with Gasteiger partial charge in [0.2, 0.25) is 0 Å². The third-order valence-electron chi connectivity index (χ3n) is 4.48. The van der Waals surface area contributed by atoms with E-state index in [2.05, 4.69) is 41.1 Å². The molecule has 29 heavy (non-hydrogen) atoms. The summed E-state index contributed by atoms with van der Waals surface area (Å²) in [6.07, 6.45) is 0. The van der Waals surface area contributed by atoms with E-state index >= 15 is 0 Å². The number of benzene rings is 4. The first-order valence-electron chi connectivity index (χ1n) is 9.07. The van der Waals surface area contributed by atoms with Gasteiger partial charge in [0.15, 0.2) is 0 Å². The van der Waals surface area contributed by atoms with Gasteiger partial charge in [0.25, 0.3) is 0 Å². The lowest BCUT2D eigenvalue weighted by Crippen LogP contribution is -2.14. The summed E-state index contributed by atoms with van der Waals surface area (Å²) in [6, 6.07) is 30.3. The zero-order chi connectivity index (χ0) is 19.6. The van der Waals surface area contributed by atoms with Crippen molar-refractivity contribution in [2.45, 2.75) is 9.79 Å². The molecule has 3 nitrogen and oxygen atoms in total. The molecule has 1 unspecified atom stereocenters. The summed E-state index contributed by atoms with van der Waals surface area (Å²) in [6.45, 7) is 0. The maximum Gasteiger partial charge on any atom is 0.363 e. The number of ether oxygens (including phenoxy) is 2. The van der Waals surface area contributed by atoms with Crippen LogP contribution in [0.3, 0.4) is 0 Å². The van der Waals surface area contributed by atoms with Crippen LogP contribution in [0.1, 0.15) is 0 Å². The smallest absolute Gasteiger partial charge is 0.363 e. The Morgan fingerprint density at radius 3 is 2.28 bits per heavy atom. The molecule has 0 aromatic heterocycles. The summed E-state index contributed by atoms with van der Waals surface area (Å²) in [7, 11) is 1.11. The highest BCUT2D eigenvalue weighted by molar-refractivity contribution is 8.86. The van der Waals surface area contributed by atoms with E-state index in [9.17, 15) is 0 Å². The monoisotopic (exact) mass is 435 g/mol. The molecule has 144 valence electrons. The van der Waals surface area contributed by atoms with Gasteiger partial charge < -0.3 is 14.2 Å². The molecule has 4 aromatic rings. The van der Waals surface area contributed by atoms with Crippen molar-refractivity contribution >= 4 is 54.8 Å². The molecule has 1 aliphatic heterocycles. The SMILES string of the molecule is S=C(Oc1ccccc1)Oc1cc2ccccc2cc1[SH]1Nc2ccccc2S1. The van der Waals surface area contributed by atoms with Gasteiger partial charge in [-0.2, -0.15) is 0 Å². The Morgan fingerprint density at radius 2 is 1.48 bits per heavy atom. The zero-order valence-corrected chi connectivity index (χ0v) is 17.8. The van der Waals surface area contributed by atoms with Crippen LogP contribution in [0, 0.1) is 0 Å². The first-order valence-corrected chi connectivity index (χ1v) is 12.2. The fraction of sp³-hybridized carbons (Fsp3) is 0. The highest BCUT2D eigenvalue weighted by Crippen LogP contribution is 2.61. The number of hydrogen-bond donors (Lipinski definition) is 2. The number of nitrogens with one attached hydrogen (secondary N) is 1. The summed E-state index contributed by atoms with van der Waals surface area (Å²) >= 11 is 5.38. The van der Waals surface area contributed by atoms with E-state index in [1.54, 1.807) is 0 Å². The van der Waals surface area contributed by atoms with Crippen LogP contribution < -0.4 is 14.2 Å². The molecule has 0 bridgehead atoms. The van der Waals surface area contributed by atoms with Crippen molar-refractivity contribution in [1.29, 1.82) is 0 Å². The summed E-state index contributed by atoms with van der Waals surface area (Å²) in [4.78, 5) is 2.35. The Hall–Kier alpha value is -2.67. The minimum absolute atomic E-state index is 0.0874. The molecule has 1 heterocycles. The van der Waals surface area contributed by atoms with E-state index in [4.69, 9.17) is 21.7 Å². The summed E-state index contributed by atoms with van der Waals surface area (Å²) in [5.74, 6) is 1.38. The van der Waals surface area contributed by atoms with E-state index < -0.39 is 10.1 Å². The number of anilines is 1. The average Bonchev–Trinajstić information content (AvgIpc) is 3.18. The Balaban J connectivity index is 1.48. The van der Waals surface area contributed by atoms with Gasteiger partial charge in [-0.3, -0.25) is 0 Å². The van der Waals surface area contributed by atoms with Crippen LogP contribution in [-0.2, 0) is 0 Å². The number of hydrogen-bond acceptors (Lipinski definition) is 5. The van der Waals surface area contributed by atoms with Crippen LogP contribution >= 0.6 is 33.1 Å². The van der Waals surface area contributed by atoms with Gasteiger partial charge in [0, 0.05) is 17.1 Å². The standard InChI is InChI=1S/C23H17NO2S3/c27-23(25-18-10-2-1-3-11-18)26-20-14-16-8-4-5-9-17(16)15-22(20)29-24-19-12-6-7-13-21(19)28-29/h1-15,24,29H. The molecule has 6 heteroatoms. The van der Waals surface area contributed by atoms with Crippen molar-refractivity contribution in [2.75, 3.05) is 4.72 Å². The van der Waals surface area contributed by atoms with Gasteiger partial charge in [0.1, 0.15) is 11.5 Å². The van der Waals surface area contributed by atoms with Crippen LogP contribution in [0.25, 0.3) is 10.8 Å². The topological polar surface area (TPSA) is 30.5 Å². The Morgan fingerprint density at radius 1 is 0.793 bits per heavy atom.